The van der Waals surface area contributed by atoms with Crippen molar-refractivity contribution in [1.29, 1.82) is 0 Å². The van der Waals surface area contributed by atoms with Gasteiger partial charge in [-0.15, -0.1) is 0 Å². The molecule has 0 bridgehead atoms. The molecule has 2 aromatic carbocycles. The number of benzene rings is 2. The van der Waals surface area contributed by atoms with Crippen molar-refractivity contribution in [2.24, 2.45) is 0 Å². The number of hydrogen-bond donors (Lipinski definition) is 1. The van der Waals surface area contributed by atoms with Crippen LogP contribution in [-0.2, 0) is 19.3 Å². The van der Waals surface area contributed by atoms with Crippen LogP contribution in [0.2, 0.25) is 0 Å². The number of nitrogens with zero attached hydrogens (tertiary/aromatic N) is 2. The zero-order valence-corrected chi connectivity index (χ0v) is 13.7. The zero-order valence-electron chi connectivity index (χ0n) is 13.7. The normalized spacial score (nSPS) is 11.3. The van der Waals surface area contributed by atoms with Gasteiger partial charge in [0.15, 0.2) is 0 Å². The van der Waals surface area contributed by atoms with Gasteiger partial charge in [-0.2, -0.15) is 13.2 Å². The van der Waals surface area contributed by atoms with Gasteiger partial charge in [-0.25, -0.2) is 4.98 Å². The van der Waals surface area contributed by atoms with Crippen molar-refractivity contribution < 1.29 is 18.0 Å². The molecule has 0 fully saturated rings. The standard InChI is InChI=1S/C19H16F3N3O/c20-19(21,22)17-7-5-16(6-8-17)18(26)24-11-14-1-3-15(4-2-14)12-25-10-9-23-13-25/h1-10,13H,11-12H2,(H,24,26). The van der Waals surface area contributed by atoms with Crippen LogP contribution in [0.3, 0.4) is 0 Å². The molecule has 0 saturated carbocycles. The molecular formula is C19H16F3N3O. The maximum Gasteiger partial charge on any atom is 0.416 e. The minimum atomic E-state index is -4.41. The van der Waals surface area contributed by atoms with Gasteiger partial charge < -0.3 is 9.88 Å². The highest BCUT2D eigenvalue weighted by molar-refractivity contribution is 5.94. The van der Waals surface area contributed by atoms with Gasteiger partial charge in [-0.3, -0.25) is 4.79 Å². The molecule has 26 heavy (non-hydrogen) atoms. The predicted octanol–water partition coefficient (Wildman–Crippen LogP) is 3.88. The highest BCUT2D eigenvalue weighted by Crippen LogP contribution is 2.29. The molecule has 0 spiro atoms. The van der Waals surface area contributed by atoms with Gasteiger partial charge in [0.05, 0.1) is 11.9 Å². The van der Waals surface area contributed by atoms with E-state index < -0.39 is 17.6 Å². The highest BCUT2D eigenvalue weighted by Gasteiger charge is 2.30. The van der Waals surface area contributed by atoms with Gasteiger partial charge in [0.2, 0.25) is 0 Å². The van der Waals surface area contributed by atoms with Crippen molar-refractivity contribution in [1.82, 2.24) is 14.9 Å². The first kappa shape index (κ1) is 17.7. The van der Waals surface area contributed by atoms with Crippen LogP contribution in [0.4, 0.5) is 13.2 Å². The minimum Gasteiger partial charge on any atom is -0.348 e. The fraction of sp³-hybridized carbons (Fsp3) is 0.158. The Bertz CT molecular complexity index is 855. The van der Waals surface area contributed by atoms with Gasteiger partial charge >= 0.3 is 6.18 Å². The molecule has 1 N–H and O–H groups in total. The molecule has 4 nitrogen and oxygen atoms in total. The lowest BCUT2D eigenvalue weighted by molar-refractivity contribution is -0.137. The van der Waals surface area contributed by atoms with Crippen LogP contribution >= 0.6 is 0 Å². The lowest BCUT2D eigenvalue weighted by atomic mass is 10.1. The Kier molecular flexibility index (Phi) is 5.06. The van der Waals surface area contributed by atoms with Crippen molar-refractivity contribution in [2.45, 2.75) is 19.3 Å². The number of carbonyl (C=O) groups is 1. The first-order chi connectivity index (χ1) is 12.4. The summed E-state index contributed by atoms with van der Waals surface area (Å²) in [6.45, 7) is 1.00. The molecule has 3 rings (SSSR count). The Morgan fingerprint density at radius 3 is 2.23 bits per heavy atom. The van der Waals surface area contributed by atoms with Gasteiger partial charge in [0.25, 0.3) is 5.91 Å². The minimum absolute atomic E-state index is 0.190. The van der Waals surface area contributed by atoms with E-state index in [1.54, 1.807) is 12.5 Å². The summed E-state index contributed by atoms with van der Waals surface area (Å²) in [5.41, 5.74) is 1.41. The molecule has 134 valence electrons. The van der Waals surface area contributed by atoms with Gasteiger partial charge in [0.1, 0.15) is 0 Å². The van der Waals surface area contributed by atoms with E-state index in [-0.39, 0.29) is 5.56 Å². The van der Waals surface area contributed by atoms with Crippen molar-refractivity contribution in [3.8, 4) is 0 Å². The molecule has 7 heteroatoms. The van der Waals surface area contributed by atoms with E-state index in [2.05, 4.69) is 10.3 Å². The van der Waals surface area contributed by atoms with Crippen molar-refractivity contribution >= 4 is 5.91 Å². The second kappa shape index (κ2) is 7.43. The molecule has 0 aliphatic carbocycles. The average Bonchev–Trinajstić information content (AvgIpc) is 3.13. The van der Waals surface area contributed by atoms with Gasteiger partial charge in [-0.05, 0) is 35.4 Å². The number of hydrogen-bond acceptors (Lipinski definition) is 2. The van der Waals surface area contributed by atoms with Crippen LogP contribution in [0.1, 0.15) is 27.0 Å². The second-order valence-electron chi connectivity index (χ2n) is 5.81. The van der Waals surface area contributed by atoms with E-state index in [0.29, 0.717) is 13.1 Å². The van der Waals surface area contributed by atoms with Crippen LogP contribution in [0.15, 0.2) is 67.3 Å². The largest absolute Gasteiger partial charge is 0.416 e. The molecule has 0 atom stereocenters. The Hall–Kier alpha value is -3.09. The number of imidazole rings is 1. The molecule has 0 aliphatic heterocycles. The molecule has 1 amide bonds. The Morgan fingerprint density at radius 1 is 1.00 bits per heavy atom. The number of halogens is 3. The third-order valence-electron chi connectivity index (χ3n) is 3.87. The van der Waals surface area contributed by atoms with Crippen LogP contribution < -0.4 is 5.32 Å². The molecule has 0 saturated heterocycles. The molecule has 0 unspecified atom stereocenters. The molecule has 3 aromatic rings. The monoisotopic (exact) mass is 359 g/mol. The summed E-state index contributed by atoms with van der Waals surface area (Å²) in [5.74, 6) is -0.416. The van der Waals surface area contributed by atoms with Crippen molar-refractivity contribution in [2.75, 3.05) is 0 Å². The van der Waals surface area contributed by atoms with Crippen LogP contribution in [-0.4, -0.2) is 15.5 Å². The second-order valence-corrected chi connectivity index (χ2v) is 5.81. The lowest BCUT2D eigenvalue weighted by Crippen LogP contribution is -2.22. The molecule has 0 radical (unpaired) electrons. The lowest BCUT2D eigenvalue weighted by Gasteiger charge is -2.09. The quantitative estimate of drug-likeness (QED) is 0.752. The van der Waals surface area contributed by atoms with Crippen molar-refractivity contribution in [3.05, 3.63) is 89.5 Å². The molecule has 1 aromatic heterocycles. The van der Waals surface area contributed by atoms with Crippen LogP contribution in [0.5, 0.6) is 0 Å². The first-order valence-electron chi connectivity index (χ1n) is 7.91. The molecular weight excluding hydrogens is 343 g/mol. The fourth-order valence-corrected chi connectivity index (χ4v) is 2.45. The number of aromatic nitrogens is 2. The van der Waals surface area contributed by atoms with Crippen molar-refractivity contribution in [3.63, 3.8) is 0 Å². The number of alkyl halides is 3. The van der Waals surface area contributed by atoms with Crippen LogP contribution in [0.25, 0.3) is 0 Å². The number of nitrogens with one attached hydrogen (secondary N) is 1. The number of rotatable bonds is 5. The number of carbonyl (C=O) groups excluding carboxylic acids is 1. The van der Waals surface area contributed by atoms with Crippen LogP contribution in [0, 0.1) is 0 Å². The summed E-state index contributed by atoms with van der Waals surface area (Å²) in [4.78, 5) is 16.0. The third kappa shape index (κ3) is 4.50. The predicted molar refractivity (Wildman–Crippen MR) is 90.4 cm³/mol. The summed E-state index contributed by atoms with van der Waals surface area (Å²) in [7, 11) is 0. The fourth-order valence-electron chi connectivity index (χ4n) is 2.45. The molecule has 0 aliphatic rings. The summed E-state index contributed by atoms with van der Waals surface area (Å²) >= 11 is 0. The zero-order chi connectivity index (χ0) is 18.6. The summed E-state index contributed by atoms with van der Waals surface area (Å²) < 4.78 is 39.6. The Labute approximate surface area is 148 Å². The van der Waals surface area contributed by atoms with E-state index in [4.69, 9.17) is 0 Å². The SMILES string of the molecule is O=C(NCc1ccc(Cn2ccnc2)cc1)c1ccc(C(F)(F)F)cc1. The van der Waals surface area contributed by atoms with E-state index in [9.17, 15) is 18.0 Å². The maximum absolute atomic E-state index is 12.5. The summed E-state index contributed by atoms with van der Waals surface area (Å²) in [6.07, 6.45) is 0.912. The number of amides is 1. The van der Waals surface area contributed by atoms with Gasteiger partial charge in [0, 0.05) is 31.0 Å². The topological polar surface area (TPSA) is 46.9 Å². The molecule has 1 heterocycles. The smallest absolute Gasteiger partial charge is 0.348 e. The average molecular weight is 359 g/mol. The van der Waals surface area contributed by atoms with Gasteiger partial charge in [-0.1, -0.05) is 24.3 Å². The maximum atomic E-state index is 12.5. The summed E-state index contributed by atoms with van der Waals surface area (Å²) in [6, 6.07) is 11.9. The Morgan fingerprint density at radius 2 is 1.65 bits per heavy atom. The first-order valence-corrected chi connectivity index (χ1v) is 7.91. The van der Waals surface area contributed by atoms with E-state index in [0.717, 1.165) is 23.3 Å². The van der Waals surface area contributed by atoms with E-state index in [1.807, 2.05) is 35.0 Å². The highest BCUT2D eigenvalue weighted by atomic mass is 19.4. The van der Waals surface area contributed by atoms with E-state index >= 15 is 0 Å². The van der Waals surface area contributed by atoms with E-state index in [1.165, 1.54) is 12.1 Å². The summed E-state index contributed by atoms with van der Waals surface area (Å²) in [5, 5.41) is 2.70. The third-order valence-corrected chi connectivity index (χ3v) is 3.87. The Balaban J connectivity index is 1.55.